The van der Waals surface area contributed by atoms with Crippen molar-refractivity contribution < 1.29 is 22.6 Å². The molecular formula is C21H19F3N6O2. The van der Waals surface area contributed by atoms with Gasteiger partial charge in [0.25, 0.3) is 0 Å². The van der Waals surface area contributed by atoms with Crippen LogP contribution in [0.5, 0.6) is 11.5 Å². The number of benzene rings is 2. The predicted molar refractivity (Wildman–Crippen MR) is 111 cm³/mol. The number of nitrogens with one attached hydrogen (secondary N) is 1. The van der Waals surface area contributed by atoms with Crippen LogP contribution in [0.2, 0.25) is 0 Å². The van der Waals surface area contributed by atoms with Gasteiger partial charge in [0.05, 0.1) is 30.5 Å². The van der Waals surface area contributed by atoms with Gasteiger partial charge in [-0.25, -0.2) is 9.67 Å². The second kappa shape index (κ2) is 8.25. The Kier molecular flexibility index (Phi) is 5.47. The Hall–Kier alpha value is -4.02. The van der Waals surface area contributed by atoms with E-state index in [0.717, 1.165) is 11.4 Å². The maximum absolute atomic E-state index is 12.7. The molecule has 0 radical (unpaired) electrons. The Morgan fingerprint density at radius 1 is 1.06 bits per heavy atom. The summed E-state index contributed by atoms with van der Waals surface area (Å²) in [5.74, 6) is 0.833. The fourth-order valence-corrected chi connectivity index (χ4v) is 3.10. The van der Waals surface area contributed by atoms with Gasteiger partial charge in [0, 0.05) is 18.8 Å². The summed E-state index contributed by atoms with van der Waals surface area (Å²) in [6.07, 6.45) is -1.25. The van der Waals surface area contributed by atoms with E-state index >= 15 is 0 Å². The summed E-state index contributed by atoms with van der Waals surface area (Å²) >= 11 is 0. The molecule has 0 atom stereocenters. The van der Waals surface area contributed by atoms with Gasteiger partial charge >= 0.3 is 6.36 Å². The molecule has 0 saturated carbocycles. The summed E-state index contributed by atoms with van der Waals surface area (Å²) in [5.41, 5.74) is 2.44. The van der Waals surface area contributed by atoms with Gasteiger partial charge < -0.3 is 19.4 Å². The van der Waals surface area contributed by atoms with Crippen molar-refractivity contribution in [3.8, 4) is 28.6 Å². The molecule has 0 aliphatic rings. The Bertz CT molecular complexity index is 1250. The minimum absolute atomic E-state index is 0.107. The Labute approximate surface area is 181 Å². The van der Waals surface area contributed by atoms with Crippen LogP contribution >= 0.6 is 0 Å². The smallest absolute Gasteiger partial charge is 0.495 e. The molecule has 0 unspecified atom stereocenters. The van der Waals surface area contributed by atoms with Crippen molar-refractivity contribution in [2.45, 2.75) is 13.3 Å². The SMILES string of the molecule is COc1cc(-c2nc(Nc3ccccc3OC(F)(F)F)n(C)n2)ccc1-n1cnc(C)c1. The highest BCUT2D eigenvalue weighted by molar-refractivity contribution is 5.67. The molecule has 2 heterocycles. The lowest BCUT2D eigenvalue weighted by molar-refractivity contribution is -0.274. The van der Waals surface area contributed by atoms with E-state index in [1.807, 2.05) is 29.8 Å². The average molecular weight is 444 g/mol. The average Bonchev–Trinajstić information content (AvgIpc) is 3.33. The second-order valence-corrected chi connectivity index (χ2v) is 6.86. The number of halogens is 3. The molecule has 0 spiro atoms. The van der Waals surface area contributed by atoms with Crippen LogP contribution in [0.25, 0.3) is 17.1 Å². The minimum atomic E-state index is -4.81. The van der Waals surface area contributed by atoms with Gasteiger partial charge in [0.1, 0.15) is 5.75 Å². The summed E-state index contributed by atoms with van der Waals surface area (Å²) < 4.78 is 50.9. The molecule has 11 heteroatoms. The molecule has 1 N–H and O–H groups in total. The first kappa shape index (κ1) is 21.2. The van der Waals surface area contributed by atoms with Gasteiger partial charge in [-0.05, 0) is 37.3 Å². The number of aryl methyl sites for hydroxylation is 2. The van der Waals surface area contributed by atoms with Gasteiger partial charge in [-0.3, -0.25) is 0 Å². The fraction of sp³-hybridized carbons (Fsp3) is 0.190. The maximum atomic E-state index is 12.7. The summed E-state index contributed by atoms with van der Waals surface area (Å²) in [7, 11) is 3.19. The monoisotopic (exact) mass is 444 g/mol. The minimum Gasteiger partial charge on any atom is -0.495 e. The Morgan fingerprint density at radius 2 is 1.84 bits per heavy atom. The van der Waals surface area contributed by atoms with E-state index in [9.17, 15) is 13.2 Å². The predicted octanol–water partition coefficient (Wildman–Crippen LogP) is 4.63. The first-order chi connectivity index (χ1) is 15.2. The van der Waals surface area contributed by atoms with Gasteiger partial charge in [-0.15, -0.1) is 18.3 Å². The van der Waals surface area contributed by atoms with Crippen LogP contribution in [0.15, 0.2) is 55.0 Å². The number of nitrogens with zero attached hydrogens (tertiary/aromatic N) is 5. The van der Waals surface area contributed by atoms with Gasteiger partial charge in [0.2, 0.25) is 5.95 Å². The lowest BCUT2D eigenvalue weighted by Gasteiger charge is -2.13. The molecule has 2 aromatic heterocycles. The first-order valence-electron chi connectivity index (χ1n) is 9.46. The van der Waals surface area contributed by atoms with Crippen molar-refractivity contribution in [1.82, 2.24) is 24.3 Å². The van der Waals surface area contributed by atoms with Crippen molar-refractivity contribution in [2.75, 3.05) is 12.4 Å². The third kappa shape index (κ3) is 4.51. The van der Waals surface area contributed by atoms with Crippen LogP contribution in [0.1, 0.15) is 5.69 Å². The largest absolute Gasteiger partial charge is 0.573 e. The van der Waals surface area contributed by atoms with Crippen LogP contribution in [0.3, 0.4) is 0 Å². The quantitative estimate of drug-likeness (QED) is 0.467. The number of ether oxygens (including phenoxy) is 2. The summed E-state index contributed by atoms with van der Waals surface area (Å²) in [5, 5.41) is 7.21. The van der Waals surface area contributed by atoms with Crippen molar-refractivity contribution >= 4 is 11.6 Å². The van der Waals surface area contributed by atoms with Crippen molar-refractivity contribution in [1.29, 1.82) is 0 Å². The van der Waals surface area contributed by atoms with E-state index in [-0.39, 0.29) is 17.4 Å². The summed E-state index contributed by atoms with van der Waals surface area (Å²) in [6, 6.07) is 11.2. The Balaban J connectivity index is 1.64. The molecule has 0 amide bonds. The number of hydrogen-bond acceptors (Lipinski definition) is 6. The number of rotatable bonds is 6. The Morgan fingerprint density at radius 3 is 2.53 bits per heavy atom. The zero-order valence-corrected chi connectivity index (χ0v) is 17.4. The van der Waals surface area contributed by atoms with Crippen LogP contribution < -0.4 is 14.8 Å². The number of imidazole rings is 1. The van der Waals surface area contributed by atoms with E-state index in [0.29, 0.717) is 17.1 Å². The molecule has 0 fully saturated rings. The molecule has 0 aliphatic carbocycles. The van der Waals surface area contributed by atoms with Gasteiger partial charge in [-0.1, -0.05) is 12.1 Å². The van der Waals surface area contributed by atoms with Crippen molar-refractivity contribution in [3.05, 3.63) is 60.7 Å². The molecule has 2 aromatic carbocycles. The zero-order chi connectivity index (χ0) is 22.9. The molecule has 166 valence electrons. The number of aromatic nitrogens is 5. The van der Waals surface area contributed by atoms with Crippen molar-refractivity contribution in [3.63, 3.8) is 0 Å². The van der Waals surface area contributed by atoms with Crippen LogP contribution in [-0.2, 0) is 7.05 Å². The lowest BCUT2D eigenvalue weighted by Crippen LogP contribution is -2.18. The lowest BCUT2D eigenvalue weighted by atomic mass is 10.1. The van der Waals surface area contributed by atoms with E-state index in [1.165, 1.54) is 22.9 Å². The van der Waals surface area contributed by atoms with Crippen LogP contribution in [0, 0.1) is 6.92 Å². The highest BCUT2D eigenvalue weighted by atomic mass is 19.4. The molecule has 0 bridgehead atoms. The molecule has 4 aromatic rings. The van der Waals surface area contributed by atoms with E-state index in [1.54, 1.807) is 32.6 Å². The summed E-state index contributed by atoms with van der Waals surface area (Å²) in [6.45, 7) is 1.89. The summed E-state index contributed by atoms with van der Waals surface area (Å²) in [4.78, 5) is 8.65. The van der Waals surface area contributed by atoms with Crippen molar-refractivity contribution in [2.24, 2.45) is 7.05 Å². The molecule has 0 aliphatic heterocycles. The number of anilines is 2. The molecule has 0 saturated heterocycles. The topological polar surface area (TPSA) is 79.0 Å². The first-order valence-corrected chi connectivity index (χ1v) is 9.46. The highest BCUT2D eigenvalue weighted by Crippen LogP contribution is 2.33. The third-order valence-electron chi connectivity index (χ3n) is 4.55. The van der Waals surface area contributed by atoms with E-state index in [2.05, 4.69) is 25.1 Å². The van der Waals surface area contributed by atoms with Gasteiger partial charge in [0.15, 0.2) is 11.6 Å². The number of para-hydroxylation sites is 2. The van der Waals surface area contributed by atoms with Crippen LogP contribution in [0.4, 0.5) is 24.8 Å². The number of methoxy groups -OCH3 is 1. The molecule has 4 rings (SSSR count). The second-order valence-electron chi connectivity index (χ2n) is 6.86. The zero-order valence-electron chi connectivity index (χ0n) is 17.4. The van der Waals surface area contributed by atoms with Gasteiger partial charge in [-0.2, -0.15) is 4.98 Å². The normalized spacial score (nSPS) is 11.4. The standard InChI is InChI=1S/C21H19F3N6O2/c1-13-11-30(12-25-13)16-9-8-14(10-18(16)31-3)19-27-20(29(2)28-19)26-15-6-4-5-7-17(15)32-21(22,23)24/h4-12H,1-3H3,(H,26,27,28). The number of hydrogen-bond donors (Lipinski definition) is 1. The van der Waals surface area contributed by atoms with Crippen LogP contribution in [-0.4, -0.2) is 37.8 Å². The van der Waals surface area contributed by atoms with E-state index in [4.69, 9.17) is 4.74 Å². The molecular weight excluding hydrogens is 425 g/mol. The maximum Gasteiger partial charge on any atom is 0.573 e. The number of alkyl halides is 3. The highest BCUT2D eigenvalue weighted by Gasteiger charge is 2.32. The fourth-order valence-electron chi connectivity index (χ4n) is 3.10. The third-order valence-corrected chi connectivity index (χ3v) is 4.55. The van der Waals surface area contributed by atoms with E-state index < -0.39 is 6.36 Å². The molecule has 32 heavy (non-hydrogen) atoms. The molecule has 8 nitrogen and oxygen atoms in total.